The summed E-state index contributed by atoms with van der Waals surface area (Å²) >= 11 is 1.38. The number of esters is 1. The largest absolute Gasteiger partial charge is 0.494 e. The standard InChI is InChI=1S/C27H30N4O4S/c1-3-5-7-10-16-30-19-24(35-25(32)21-12-8-9-15-28-21)31(27(30)33)26-29-22-18-20(13-14-23(22)36-26)34-17-11-6-4-2/h1,8-9,12-15,18,24H,4-7,10-11,16-17,19H2,2H3. The van der Waals surface area contributed by atoms with Gasteiger partial charge < -0.3 is 14.4 Å². The maximum absolute atomic E-state index is 13.4. The van der Waals surface area contributed by atoms with E-state index in [1.165, 1.54) is 22.4 Å². The highest BCUT2D eigenvalue weighted by molar-refractivity contribution is 7.22. The molecule has 1 aliphatic rings. The third-order valence-corrected chi connectivity index (χ3v) is 6.86. The lowest BCUT2D eigenvalue weighted by molar-refractivity contribution is 0.0318. The number of benzene rings is 1. The molecule has 2 aromatic heterocycles. The van der Waals surface area contributed by atoms with E-state index in [-0.39, 0.29) is 18.3 Å². The van der Waals surface area contributed by atoms with E-state index in [0.717, 1.165) is 48.1 Å². The van der Waals surface area contributed by atoms with Crippen molar-refractivity contribution in [3.05, 3.63) is 48.3 Å². The minimum Gasteiger partial charge on any atom is -0.494 e. The molecule has 8 nitrogen and oxygen atoms in total. The highest BCUT2D eigenvalue weighted by Crippen LogP contribution is 2.35. The Morgan fingerprint density at radius 2 is 2.11 bits per heavy atom. The zero-order valence-corrected chi connectivity index (χ0v) is 21.2. The van der Waals surface area contributed by atoms with Crippen molar-refractivity contribution in [1.82, 2.24) is 14.9 Å². The second kappa shape index (κ2) is 12.4. The van der Waals surface area contributed by atoms with Gasteiger partial charge in [0.15, 0.2) is 5.13 Å². The molecule has 1 aromatic carbocycles. The highest BCUT2D eigenvalue weighted by Gasteiger charge is 2.42. The Morgan fingerprint density at radius 3 is 2.89 bits per heavy atom. The number of fused-ring (bicyclic) bond motifs is 1. The predicted molar refractivity (Wildman–Crippen MR) is 140 cm³/mol. The van der Waals surface area contributed by atoms with Gasteiger partial charge in [0.1, 0.15) is 11.4 Å². The lowest BCUT2D eigenvalue weighted by atomic mass is 10.2. The van der Waals surface area contributed by atoms with Crippen LogP contribution >= 0.6 is 11.3 Å². The smallest absolute Gasteiger partial charge is 0.358 e. The van der Waals surface area contributed by atoms with Crippen LogP contribution in [0, 0.1) is 12.3 Å². The number of nitrogens with zero attached hydrogens (tertiary/aromatic N) is 4. The minimum absolute atomic E-state index is 0.187. The summed E-state index contributed by atoms with van der Waals surface area (Å²) in [6.07, 6.45) is 11.6. The number of anilines is 1. The molecule has 3 aromatic rings. The number of pyridine rings is 1. The van der Waals surface area contributed by atoms with Crippen LogP contribution in [-0.4, -0.2) is 52.8 Å². The Morgan fingerprint density at radius 1 is 1.22 bits per heavy atom. The van der Waals surface area contributed by atoms with E-state index in [9.17, 15) is 9.59 Å². The molecule has 0 aliphatic carbocycles. The van der Waals surface area contributed by atoms with Gasteiger partial charge in [-0.05, 0) is 43.5 Å². The van der Waals surface area contributed by atoms with Crippen LogP contribution in [-0.2, 0) is 4.74 Å². The molecule has 1 aliphatic heterocycles. The Hall–Kier alpha value is -3.64. The average molecular weight is 507 g/mol. The van der Waals surface area contributed by atoms with E-state index in [1.807, 2.05) is 18.2 Å². The number of amides is 2. The van der Waals surface area contributed by atoms with E-state index in [0.29, 0.717) is 24.7 Å². The zero-order chi connectivity index (χ0) is 25.3. The maximum Gasteiger partial charge on any atom is 0.358 e. The number of carbonyl (C=O) groups is 2. The number of unbranched alkanes of at least 4 members (excludes halogenated alkanes) is 4. The topological polar surface area (TPSA) is 84.9 Å². The van der Waals surface area contributed by atoms with Crippen LogP contribution in [0.15, 0.2) is 42.6 Å². The summed E-state index contributed by atoms with van der Waals surface area (Å²) in [6.45, 7) is 3.58. The second-order valence-corrected chi connectivity index (χ2v) is 9.53. The van der Waals surface area contributed by atoms with Gasteiger partial charge in [0.2, 0.25) is 6.23 Å². The molecule has 0 spiro atoms. The number of urea groups is 1. The number of ether oxygens (including phenoxy) is 2. The first kappa shape index (κ1) is 25.5. The number of hydrogen-bond donors (Lipinski definition) is 0. The summed E-state index contributed by atoms with van der Waals surface area (Å²) in [5, 5.41) is 0.475. The Labute approximate surface area is 215 Å². The van der Waals surface area contributed by atoms with Crippen molar-refractivity contribution in [3.63, 3.8) is 0 Å². The van der Waals surface area contributed by atoms with Crippen LogP contribution in [0.3, 0.4) is 0 Å². The third-order valence-electron chi connectivity index (χ3n) is 5.83. The van der Waals surface area contributed by atoms with E-state index in [4.69, 9.17) is 20.9 Å². The van der Waals surface area contributed by atoms with Crippen molar-refractivity contribution < 1.29 is 19.1 Å². The minimum atomic E-state index is -0.815. The maximum atomic E-state index is 13.4. The van der Waals surface area contributed by atoms with Crippen molar-refractivity contribution in [1.29, 1.82) is 0 Å². The lowest BCUT2D eigenvalue weighted by Gasteiger charge is -2.20. The molecule has 188 valence electrons. The normalized spacial score (nSPS) is 15.3. The molecule has 0 radical (unpaired) electrons. The third kappa shape index (κ3) is 6.13. The van der Waals surface area contributed by atoms with Gasteiger partial charge in [-0.3, -0.25) is 0 Å². The summed E-state index contributed by atoms with van der Waals surface area (Å²) in [7, 11) is 0. The lowest BCUT2D eigenvalue weighted by Crippen LogP contribution is -2.37. The van der Waals surface area contributed by atoms with Crippen LogP contribution in [0.25, 0.3) is 10.2 Å². The van der Waals surface area contributed by atoms with Gasteiger partial charge in [-0.15, -0.1) is 12.3 Å². The molecule has 2 amide bonds. The fourth-order valence-corrected chi connectivity index (χ4v) is 4.91. The van der Waals surface area contributed by atoms with Crippen molar-refractivity contribution in [2.75, 3.05) is 24.6 Å². The van der Waals surface area contributed by atoms with Crippen LogP contribution < -0.4 is 9.64 Å². The van der Waals surface area contributed by atoms with Crippen LogP contribution in [0.4, 0.5) is 9.93 Å². The molecule has 9 heteroatoms. The van der Waals surface area contributed by atoms with Crippen molar-refractivity contribution in [2.45, 2.75) is 51.7 Å². The first-order valence-corrected chi connectivity index (χ1v) is 13.1. The van der Waals surface area contributed by atoms with Crippen molar-refractivity contribution in [2.24, 2.45) is 0 Å². The van der Waals surface area contributed by atoms with Crippen LogP contribution in [0.1, 0.15) is 55.9 Å². The SMILES string of the molecule is C#CCCCCN1CC(OC(=O)c2ccccn2)N(c2nc3cc(OCCCCC)ccc3s2)C1=O. The van der Waals surface area contributed by atoms with E-state index >= 15 is 0 Å². The number of carbonyl (C=O) groups excluding carboxylic acids is 2. The fraction of sp³-hybridized carbons (Fsp3) is 0.407. The first-order valence-electron chi connectivity index (χ1n) is 12.3. The van der Waals surface area contributed by atoms with Gasteiger partial charge >= 0.3 is 12.0 Å². The zero-order valence-electron chi connectivity index (χ0n) is 20.4. The molecule has 0 bridgehead atoms. The highest BCUT2D eigenvalue weighted by atomic mass is 32.1. The van der Waals surface area contributed by atoms with Gasteiger partial charge in [0.25, 0.3) is 0 Å². The Kier molecular flexibility index (Phi) is 8.74. The Balaban J connectivity index is 1.54. The molecule has 0 N–H and O–H groups in total. The van der Waals surface area contributed by atoms with Crippen molar-refractivity contribution in [3.8, 4) is 18.1 Å². The van der Waals surface area contributed by atoms with Crippen molar-refractivity contribution >= 4 is 38.7 Å². The predicted octanol–water partition coefficient (Wildman–Crippen LogP) is 5.49. The number of hydrogen-bond acceptors (Lipinski definition) is 7. The molecule has 36 heavy (non-hydrogen) atoms. The van der Waals surface area contributed by atoms with Crippen LogP contribution in [0.2, 0.25) is 0 Å². The summed E-state index contributed by atoms with van der Waals surface area (Å²) in [5.74, 6) is 2.78. The first-order chi connectivity index (χ1) is 17.6. The summed E-state index contributed by atoms with van der Waals surface area (Å²) in [5.41, 5.74) is 0.921. The van der Waals surface area contributed by atoms with E-state index < -0.39 is 12.2 Å². The molecule has 1 unspecified atom stereocenters. The van der Waals surface area contributed by atoms with E-state index in [2.05, 4.69) is 17.8 Å². The van der Waals surface area contributed by atoms with Gasteiger partial charge in [0, 0.05) is 25.2 Å². The number of rotatable bonds is 12. The van der Waals surface area contributed by atoms with Gasteiger partial charge in [-0.2, -0.15) is 0 Å². The van der Waals surface area contributed by atoms with E-state index in [1.54, 1.807) is 23.1 Å². The fourth-order valence-electron chi connectivity index (χ4n) is 3.93. The second-order valence-electron chi connectivity index (χ2n) is 8.52. The number of aromatic nitrogens is 2. The average Bonchev–Trinajstić information content (AvgIpc) is 3.44. The quantitative estimate of drug-likeness (QED) is 0.183. The molecular formula is C27H30N4O4S. The summed E-state index contributed by atoms with van der Waals surface area (Å²) in [6, 6.07) is 10.5. The molecule has 1 fully saturated rings. The van der Waals surface area contributed by atoms with Crippen LogP contribution in [0.5, 0.6) is 5.75 Å². The molecule has 1 saturated heterocycles. The number of terminal acetylenes is 1. The molecular weight excluding hydrogens is 476 g/mol. The molecule has 0 saturated carbocycles. The molecule has 4 rings (SSSR count). The number of thiazole rings is 1. The molecule has 3 heterocycles. The summed E-state index contributed by atoms with van der Waals surface area (Å²) < 4.78 is 12.5. The summed E-state index contributed by atoms with van der Waals surface area (Å²) in [4.78, 5) is 38.1. The van der Waals surface area contributed by atoms with Gasteiger partial charge in [-0.25, -0.2) is 24.5 Å². The Bertz CT molecular complexity index is 1220. The van der Waals surface area contributed by atoms with Gasteiger partial charge in [0.05, 0.1) is 23.4 Å². The van der Waals surface area contributed by atoms with Gasteiger partial charge in [-0.1, -0.05) is 37.2 Å². The monoisotopic (exact) mass is 506 g/mol. The molecule has 1 atom stereocenters.